The number of carbonyl (C=O) groups is 1. The van der Waals surface area contributed by atoms with Gasteiger partial charge in [-0.2, -0.15) is 5.26 Å². The van der Waals surface area contributed by atoms with Crippen molar-refractivity contribution in [1.29, 1.82) is 5.26 Å². The summed E-state index contributed by atoms with van der Waals surface area (Å²) < 4.78 is 26.5. The lowest BCUT2D eigenvalue weighted by atomic mass is 10.1. The van der Waals surface area contributed by atoms with Gasteiger partial charge in [0, 0.05) is 36.3 Å². The number of rotatable bonds is 9. The number of piperidine rings is 1. The molecule has 5 rings (SSSR count). The fraction of sp³-hybridized carbons (Fsp3) is 0.393. The number of nitriles is 1. The van der Waals surface area contributed by atoms with E-state index in [-0.39, 0.29) is 17.5 Å². The first kappa shape index (κ1) is 24.8. The maximum atomic E-state index is 14.6. The number of pyridine rings is 1. The third kappa shape index (κ3) is 6.46. The van der Waals surface area contributed by atoms with Crippen LogP contribution in [-0.4, -0.2) is 48.2 Å². The average molecular weight is 504 g/mol. The van der Waals surface area contributed by atoms with Crippen molar-refractivity contribution in [2.75, 3.05) is 31.6 Å². The predicted octanol–water partition coefficient (Wildman–Crippen LogP) is 5.58. The number of amides is 2. The van der Waals surface area contributed by atoms with E-state index in [0.717, 1.165) is 38.9 Å². The Morgan fingerprint density at radius 1 is 1.14 bits per heavy atom. The standard InChI is InChI=1S/C28H30FN5O3/c29-23-16-21(7-8-24(23)33-28(35)32-20-5-6-20)37-26-9-10-31-25-17-27(19(18-30)15-22(25)26)36-14-4-13-34-11-2-1-3-12-34/h7-10,15-17,20H,1-6,11-14H2,(H2,32,33,35). The lowest BCUT2D eigenvalue weighted by Crippen LogP contribution is -2.31. The van der Waals surface area contributed by atoms with E-state index < -0.39 is 11.8 Å². The number of benzene rings is 2. The molecule has 2 aliphatic rings. The first-order chi connectivity index (χ1) is 18.1. The number of nitrogens with zero attached hydrogens (tertiary/aromatic N) is 3. The van der Waals surface area contributed by atoms with Gasteiger partial charge in [-0.05, 0) is 69.5 Å². The maximum absolute atomic E-state index is 14.6. The number of urea groups is 1. The highest BCUT2D eigenvalue weighted by molar-refractivity contribution is 5.90. The normalized spacial score (nSPS) is 15.7. The molecule has 37 heavy (non-hydrogen) atoms. The monoisotopic (exact) mass is 503 g/mol. The first-order valence-corrected chi connectivity index (χ1v) is 12.8. The summed E-state index contributed by atoms with van der Waals surface area (Å²) in [6.45, 7) is 3.79. The summed E-state index contributed by atoms with van der Waals surface area (Å²) in [5, 5.41) is 15.6. The second kappa shape index (κ2) is 11.4. The number of carbonyl (C=O) groups excluding carboxylic acids is 1. The number of hydrogen-bond donors (Lipinski definition) is 2. The molecule has 3 aromatic rings. The van der Waals surface area contributed by atoms with Crippen LogP contribution in [0.25, 0.3) is 10.9 Å². The third-order valence-corrected chi connectivity index (χ3v) is 6.58. The number of ether oxygens (including phenoxy) is 2. The van der Waals surface area contributed by atoms with Gasteiger partial charge in [0.05, 0.1) is 23.4 Å². The minimum atomic E-state index is -0.611. The summed E-state index contributed by atoms with van der Waals surface area (Å²) in [4.78, 5) is 18.8. The molecule has 8 nitrogen and oxygen atoms in total. The molecular weight excluding hydrogens is 473 g/mol. The molecule has 1 aliphatic carbocycles. The largest absolute Gasteiger partial charge is 0.492 e. The van der Waals surface area contributed by atoms with Gasteiger partial charge in [-0.3, -0.25) is 4.98 Å². The molecule has 0 unspecified atom stereocenters. The average Bonchev–Trinajstić information content (AvgIpc) is 3.72. The van der Waals surface area contributed by atoms with Gasteiger partial charge in [0.1, 0.15) is 29.1 Å². The fourth-order valence-electron chi connectivity index (χ4n) is 4.46. The molecule has 0 spiro atoms. The van der Waals surface area contributed by atoms with Crippen LogP contribution in [0, 0.1) is 17.1 Å². The maximum Gasteiger partial charge on any atom is 0.319 e. The molecule has 2 aromatic carbocycles. The molecule has 0 atom stereocenters. The summed E-state index contributed by atoms with van der Waals surface area (Å²) in [7, 11) is 0. The molecule has 9 heteroatoms. The number of aromatic nitrogens is 1. The van der Waals surface area contributed by atoms with Crippen LogP contribution in [-0.2, 0) is 0 Å². The van der Waals surface area contributed by atoms with Gasteiger partial charge in [-0.25, -0.2) is 9.18 Å². The van der Waals surface area contributed by atoms with Crippen LogP contribution in [0.3, 0.4) is 0 Å². The first-order valence-electron chi connectivity index (χ1n) is 12.8. The topological polar surface area (TPSA) is 99.5 Å². The lowest BCUT2D eigenvalue weighted by molar-refractivity contribution is 0.205. The van der Waals surface area contributed by atoms with Crippen LogP contribution in [0.2, 0.25) is 0 Å². The minimum absolute atomic E-state index is 0.0685. The van der Waals surface area contributed by atoms with E-state index in [2.05, 4.69) is 26.6 Å². The van der Waals surface area contributed by atoms with E-state index >= 15 is 0 Å². The zero-order valence-corrected chi connectivity index (χ0v) is 20.6. The molecule has 2 amide bonds. The Morgan fingerprint density at radius 2 is 1.97 bits per heavy atom. The van der Waals surface area contributed by atoms with Crippen LogP contribution in [0.5, 0.6) is 17.2 Å². The number of hydrogen-bond acceptors (Lipinski definition) is 6. The van der Waals surface area contributed by atoms with Gasteiger partial charge in [-0.1, -0.05) is 6.42 Å². The second-order valence-electron chi connectivity index (χ2n) is 9.51. The number of likely N-dealkylation sites (tertiary alicyclic amines) is 1. The van der Waals surface area contributed by atoms with Crippen LogP contribution >= 0.6 is 0 Å². The van der Waals surface area contributed by atoms with Crippen molar-refractivity contribution in [1.82, 2.24) is 15.2 Å². The minimum Gasteiger partial charge on any atom is -0.492 e. The highest BCUT2D eigenvalue weighted by atomic mass is 19.1. The molecule has 1 aromatic heterocycles. The van der Waals surface area contributed by atoms with E-state index in [4.69, 9.17) is 9.47 Å². The summed E-state index contributed by atoms with van der Waals surface area (Å²) in [6, 6.07) is 11.3. The number of halogens is 1. The van der Waals surface area contributed by atoms with Crippen molar-refractivity contribution in [2.24, 2.45) is 0 Å². The van der Waals surface area contributed by atoms with Crippen LogP contribution < -0.4 is 20.1 Å². The number of fused-ring (bicyclic) bond motifs is 1. The molecule has 192 valence electrons. The Bertz CT molecular complexity index is 1320. The quantitative estimate of drug-likeness (QED) is 0.370. The zero-order chi connectivity index (χ0) is 25.6. The lowest BCUT2D eigenvalue weighted by Gasteiger charge is -2.26. The van der Waals surface area contributed by atoms with Gasteiger partial charge < -0.3 is 25.0 Å². The fourth-order valence-corrected chi connectivity index (χ4v) is 4.46. The highest BCUT2D eigenvalue weighted by Crippen LogP contribution is 2.34. The van der Waals surface area contributed by atoms with Gasteiger partial charge in [0.15, 0.2) is 0 Å². The van der Waals surface area contributed by atoms with Crippen molar-refractivity contribution in [2.45, 2.75) is 44.6 Å². The van der Waals surface area contributed by atoms with E-state index in [9.17, 15) is 14.4 Å². The third-order valence-electron chi connectivity index (χ3n) is 6.58. The van der Waals surface area contributed by atoms with E-state index in [0.29, 0.717) is 34.6 Å². The van der Waals surface area contributed by atoms with Crippen LogP contribution in [0.15, 0.2) is 42.6 Å². The second-order valence-corrected chi connectivity index (χ2v) is 9.51. The predicted molar refractivity (Wildman–Crippen MR) is 139 cm³/mol. The SMILES string of the molecule is N#Cc1cc2c(Oc3ccc(NC(=O)NC4CC4)c(F)c3)ccnc2cc1OCCCN1CCCCC1. The molecule has 1 saturated carbocycles. The summed E-state index contributed by atoms with van der Waals surface area (Å²) in [5.74, 6) is 0.573. The van der Waals surface area contributed by atoms with Crippen molar-refractivity contribution >= 4 is 22.6 Å². The molecule has 2 heterocycles. The Hall–Kier alpha value is -3.90. The zero-order valence-electron chi connectivity index (χ0n) is 20.6. The van der Waals surface area contributed by atoms with Crippen LogP contribution in [0.4, 0.5) is 14.9 Å². The van der Waals surface area contributed by atoms with E-state index in [1.807, 2.05) is 0 Å². The van der Waals surface area contributed by atoms with Gasteiger partial charge >= 0.3 is 6.03 Å². The summed E-state index contributed by atoms with van der Waals surface area (Å²) in [5.41, 5.74) is 1.06. The smallest absolute Gasteiger partial charge is 0.319 e. The Labute approximate surface area is 215 Å². The van der Waals surface area contributed by atoms with Crippen molar-refractivity contribution in [3.63, 3.8) is 0 Å². The Balaban J connectivity index is 1.26. The molecule has 0 bridgehead atoms. The molecule has 1 saturated heterocycles. The Kier molecular flexibility index (Phi) is 7.66. The summed E-state index contributed by atoms with van der Waals surface area (Å²) in [6.07, 6.45) is 8.20. The van der Waals surface area contributed by atoms with E-state index in [1.165, 1.54) is 31.4 Å². The van der Waals surface area contributed by atoms with Crippen molar-refractivity contribution in [3.05, 3.63) is 54.0 Å². The highest BCUT2D eigenvalue weighted by Gasteiger charge is 2.23. The molecule has 2 N–H and O–H groups in total. The number of anilines is 1. The molecular formula is C28H30FN5O3. The van der Waals surface area contributed by atoms with Gasteiger partial charge in [-0.15, -0.1) is 0 Å². The van der Waals surface area contributed by atoms with Crippen molar-refractivity contribution in [3.8, 4) is 23.3 Å². The molecule has 2 fully saturated rings. The van der Waals surface area contributed by atoms with Crippen molar-refractivity contribution < 1.29 is 18.7 Å². The van der Waals surface area contributed by atoms with Gasteiger partial charge in [0.2, 0.25) is 0 Å². The van der Waals surface area contributed by atoms with Crippen LogP contribution in [0.1, 0.15) is 44.1 Å². The van der Waals surface area contributed by atoms with E-state index in [1.54, 1.807) is 30.5 Å². The Morgan fingerprint density at radius 3 is 2.73 bits per heavy atom. The van der Waals surface area contributed by atoms with Gasteiger partial charge in [0.25, 0.3) is 0 Å². The summed E-state index contributed by atoms with van der Waals surface area (Å²) >= 11 is 0. The molecule has 0 radical (unpaired) electrons. The number of nitrogens with one attached hydrogen (secondary N) is 2. The molecule has 1 aliphatic heterocycles.